The number of para-hydroxylation sites is 1. The van der Waals surface area contributed by atoms with Gasteiger partial charge in [0.2, 0.25) is 0 Å². The summed E-state index contributed by atoms with van der Waals surface area (Å²) in [5.74, 6) is 0.838. The van der Waals surface area contributed by atoms with E-state index in [0.29, 0.717) is 42.9 Å². The van der Waals surface area contributed by atoms with Gasteiger partial charge in [-0.15, -0.1) is 5.11 Å². The molecule has 1 atom stereocenters. The monoisotopic (exact) mass is 541 g/mol. The zero-order chi connectivity index (χ0) is 26.9. The maximum Gasteiger partial charge on any atom is 0.274 e. The summed E-state index contributed by atoms with van der Waals surface area (Å²) >= 11 is 0. The minimum absolute atomic E-state index is 0.158. The molecule has 12 heteroatoms. The van der Waals surface area contributed by atoms with Gasteiger partial charge in [0.25, 0.3) is 5.91 Å². The zero-order valence-electron chi connectivity index (χ0n) is 22.3. The Hall–Kier alpha value is -4.03. The van der Waals surface area contributed by atoms with Gasteiger partial charge in [0.15, 0.2) is 5.66 Å². The van der Waals surface area contributed by atoms with E-state index in [1.165, 1.54) is 12.8 Å². The number of fused-ring (bicyclic) bond motifs is 4. The van der Waals surface area contributed by atoms with E-state index < -0.39 is 5.66 Å². The zero-order valence-corrected chi connectivity index (χ0v) is 22.3. The Labute approximate surface area is 231 Å². The first-order valence-electron chi connectivity index (χ1n) is 14.0. The molecule has 2 N–H and O–H groups in total. The molecule has 3 aromatic rings. The predicted molar refractivity (Wildman–Crippen MR) is 145 cm³/mol. The number of hydrogen-bond donors (Lipinski definition) is 2. The molecule has 2 aromatic heterocycles. The minimum atomic E-state index is -0.727. The highest BCUT2D eigenvalue weighted by atomic mass is 16.5. The van der Waals surface area contributed by atoms with Crippen molar-refractivity contribution in [1.29, 1.82) is 0 Å². The Morgan fingerprint density at radius 3 is 2.80 bits per heavy atom. The number of imidazole rings is 1. The van der Waals surface area contributed by atoms with Gasteiger partial charge in [-0.3, -0.25) is 4.79 Å². The summed E-state index contributed by atoms with van der Waals surface area (Å²) in [6.45, 7) is 5.36. The van der Waals surface area contributed by atoms with Gasteiger partial charge < -0.3 is 24.3 Å². The highest BCUT2D eigenvalue weighted by molar-refractivity contribution is 6.04. The molecule has 1 aromatic carbocycles. The van der Waals surface area contributed by atoms with Crippen LogP contribution < -0.4 is 20.5 Å². The number of morpholine rings is 1. The lowest BCUT2D eigenvalue weighted by Gasteiger charge is -2.34. The van der Waals surface area contributed by atoms with Gasteiger partial charge in [-0.05, 0) is 44.7 Å². The minimum Gasteiger partial charge on any atom is -0.489 e. The summed E-state index contributed by atoms with van der Waals surface area (Å²) in [5, 5.41) is 13.8. The first-order chi connectivity index (χ1) is 19.5. The lowest BCUT2D eigenvalue weighted by molar-refractivity contribution is 0.0157. The van der Waals surface area contributed by atoms with Gasteiger partial charge in [-0.2, -0.15) is 5.01 Å². The summed E-state index contributed by atoms with van der Waals surface area (Å²) < 4.78 is 13.9. The molecule has 8 rings (SSSR count). The van der Waals surface area contributed by atoms with Crippen LogP contribution in [0.1, 0.15) is 60.3 Å². The van der Waals surface area contributed by atoms with E-state index in [2.05, 4.69) is 47.3 Å². The number of hydrogen-bond acceptors (Lipinski definition) is 10. The highest BCUT2D eigenvalue weighted by Gasteiger charge is 2.60. The molecule has 0 radical (unpaired) electrons. The van der Waals surface area contributed by atoms with Gasteiger partial charge in [-0.1, -0.05) is 17.4 Å². The van der Waals surface area contributed by atoms with Crippen molar-refractivity contribution in [2.45, 2.75) is 49.7 Å². The van der Waals surface area contributed by atoms with E-state index in [4.69, 9.17) is 9.47 Å². The normalized spacial score (nSPS) is 24.6. The molecular formula is C28H31N9O3. The van der Waals surface area contributed by atoms with Crippen LogP contribution in [-0.4, -0.2) is 63.9 Å². The Kier molecular flexibility index (Phi) is 5.20. The van der Waals surface area contributed by atoms with Crippen LogP contribution in [0.4, 0.5) is 11.4 Å². The van der Waals surface area contributed by atoms with Gasteiger partial charge in [0.1, 0.15) is 18.1 Å². The van der Waals surface area contributed by atoms with Crippen LogP contribution in [0.5, 0.6) is 5.75 Å². The Morgan fingerprint density at radius 1 is 1.15 bits per heavy atom. The first-order valence-corrected chi connectivity index (χ1v) is 14.0. The number of benzene rings is 1. The maximum atomic E-state index is 13.7. The number of anilines is 2. The standard InChI is InChI=1S/C28H31N9O3/c1-27-19-3-2-4-20(25(19)40-16-28(7-8-28)37(27)34-33-32-27)31-26(38)21-13-23(36-15-22(30-17-36)18-5-6-18)24(14-29-21)35-9-11-39-12-10-35/h2-4,13-15,17-18H,5-12,16H2,1H3,(H,31,38)(H,32,34). The molecule has 1 spiro atoms. The predicted octanol–water partition coefficient (Wildman–Crippen LogP) is 3.52. The number of rotatable bonds is 5. The van der Waals surface area contributed by atoms with Gasteiger partial charge in [-0.25, -0.2) is 15.5 Å². The summed E-state index contributed by atoms with van der Waals surface area (Å²) in [6.07, 6.45) is 10.0. The van der Waals surface area contributed by atoms with E-state index in [9.17, 15) is 4.79 Å². The second-order valence-electron chi connectivity index (χ2n) is 11.4. The van der Waals surface area contributed by atoms with Crippen molar-refractivity contribution >= 4 is 17.3 Å². The van der Waals surface area contributed by atoms with Gasteiger partial charge >= 0.3 is 0 Å². The largest absolute Gasteiger partial charge is 0.489 e. The highest BCUT2D eigenvalue weighted by Crippen LogP contribution is 2.54. The number of carbonyl (C=O) groups excluding carboxylic acids is 1. The van der Waals surface area contributed by atoms with Crippen molar-refractivity contribution < 1.29 is 14.3 Å². The van der Waals surface area contributed by atoms with Gasteiger partial charge in [0.05, 0.1) is 54.0 Å². The van der Waals surface area contributed by atoms with Crippen LogP contribution in [0.25, 0.3) is 5.69 Å². The van der Waals surface area contributed by atoms with Crippen molar-refractivity contribution in [3.05, 3.63) is 59.9 Å². The lowest BCUT2D eigenvalue weighted by atomic mass is 9.98. The molecule has 40 heavy (non-hydrogen) atoms. The van der Waals surface area contributed by atoms with Crippen molar-refractivity contribution in [1.82, 2.24) is 25.1 Å². The number of amides is 1. The summed E-state index contributed by atoms with van der Waals surface area (Å²) in [5.41, 5.74) is 6.87. The third-order valence-corrected chi connectivity index (χ3v) is 8.71. The fourth-order valence-corrected chi connectivity index (χ4v) is 6.06. The van der Waals surface area contributed by atoms with Crippen LogP contribution in [0.15, 0.2) is 53.3 Å². The summed E-state index contributed by atoms with van der Waals surface area (Å²) in [7, 11) is 0. The number of nitrogens with one attached hydrogen (secondary N) is 2. The van der Waals surface area contributed by atoms with Crippen LogP contribution >= 0.6 is 0 Å². The van der Waals surface area contributed by atoms with E-state index >= 15 is 0 Å². The van der Waals surface area contributed by atoms with Crippen LogP contribution in [-0.2, 0) is 10.4 Å². The SMILES string of the molecule is CC12N=NNN1C1(CC1)COc1c(NC(=O)c3cc(-n4cnc(C5CC5)c4)c(N4CCOCC4)cn3)cccc12. The molecule has 3 fully saturated rings. The third-order valence-electron chi connectivity index (χ3n) is 8.71. The summed E-state index contributed by atoms with van der Waals surface area (Å²) in [4.78, 5) is 25.2. The molecule has 1 unspecified atom stereocenters. The molecule has 0 bridgehead atoms. The molecule has 206 valence electrons. The molecule has 2 saturated carbocycles. The smallest absolute Gasteiger partial charge is 0.274 e. The quantitative estimate of drug-likeness (QED) is 0.503. The van der Waals surface area contributed by atoms with Crippen LogP contribution in [0.2, 0.25) is 0 Å². The molecule has 5 aliphatic rings. The average molecular weight is 542 g/mol. The van der Waals surface area contributed by atoms with Crippen molar-refractivity contribution in [3.63, 3.8) is 0 Å². The second kappa shape index (κ2) is 8.73. The first kappa shape index (κ1) is 23.8. The van der Waals surface area contributed by atoms with Gasteiger partial charge in [0, 0.05) is 30.8 Å². The van der Waals surface area contributed by atoms with E-state index in [-0.39, 0.29) is 11.4 Å². The Bertz CT molecular complexity index is 1520. The van der Waals surface area contributed by atoms with Crippen LogP contribution in [0.3, 0.4) is 0 Å². The number of carbonyl (C=O) groups is 1. The van der Waals surface area contributed by atoms with Crippen molar-refractivity contribution in [2.75, 3.05) is 43.1 Å². The number of nitrogens with zero attached hydrogens (tertiary/aromatic N) is 7. The fraction of sp³-hybridized carbons (Fsp3) is 0.464. The molecule has 1 amide bonds. The molecular weight excluding hydrogens is 510 g/mol. The molecule has 2 aliphatic carbocycles. The number of pyridine rings is 1. The Balaban J connectivity index is 1.13. The molecule has 12 nitrogen and oxygen atoms in total. The summed E-state index contributed by atoms with van der Waals surface area (Å²) in [6, 6.07) is 7.59. The molecule has 5 heterocycles. The number of aromatic nitrogens is 3. The van der Waals surface area contributed by atoms with E-state index in [0.717, 1.165) is 48.6 Å². The van der Waals surface area contributed by atoms with Crippen LogP contribution in [0, 0.1) is 0 Å². The average Bonchev–Trinajstić information content (AvgIpc) is 3.90. The number of ether oxygens (including phenoxy) is 2. The fourth-order valence-electron chi connectivity index (χ4n) is 6.06. The molecule has 1 saturated heterocycles. The van der Waals surface area contributed by atoms with Crippen molar-refractivity contribution in [3.8, 4) is 11.4 Å². The molecule has 3 aliphatic heterocycles. The third kappa shape index (κ3) is 3.77. The van der Waals surface area contributed by atoms with E-state index in [1.54, 1.807) is 6.20 Å². The second-order valence-corrected chi connectivity index (χ2v) is 11.4. The number of hydrazine groups is 1. The Morgan fingerprint density at radius 2 is 2.00 bits per heavy atom. The lowest BCUT2D eigenvalue weighted by Crippen LogP contribution is -2.53. The topological polar surface area (TPSA) is 122 Å². The van der Waals surface area contributed by atoms with E-state index in [1.807, 2.05) is 42.1 Å². The maximum absolute atomic E-state index is 13.7. The van der Waals surface area contributed by atoms with Crippen molar-refractivity contribution in [2.24, 2.45) is 10.3 Å².